The van der Waals surface area contributed by atoms with Crippen molar-refractivity contribution in [2.75, 3.05) is 0 Å². The average Bonchev–Trinajstić information content (AvgIpc) is 3.24. The molecule has 1 fully saturated rings. The Labute approximate surface area is 325 Å². The van der Waals surface area contributed by atoms with E-state index in [1.807, 2.05) is 110 Å². The van der Waals surface area contributed by atoms with Gasteiger partial charge in [0.1, 0.15) is 17.2 Å². The topological polar surface area (TPSA) is 44.3 Å². The maximum Gasteiger partial charge on any atom is 0.384 e. The molecule has 256 valence electrons. The molecule has 8 heterocycles. The van der Waals surface area contributed by atoms with Gasteiger partial charge in [0.25, 0.3) is 0 Å². The van der Waals surface area contributed by atoms with E-state index in [-0.39, 0.29) is 26.4 Å². The predicted molar refractivity (Wildman–Crippen MR) is 224 cm³/mol. The Balaban J connectivity index is 1.23. The van der Waals surface area contributed by atoms with E-state index in [1.54, 1.807) is 6.20 Å². The van der Waals surface area contributed by atoms with Crippen LogP contribution < -0.4 is 30.2 Å². The van der Waals surface area contributed by atoms with Crippen molar-refractivity contribution in [2.24, 2.45) is 0 Å². The Morgan fingerprint density at radius 3 is 1.96 bits per heavy atom. The molecule has 1 atom stereocenters. The lowest BCUT2D eigenvalue weighted by atomic mass is 9.40. The van der Waals surface area contributed by atoms with E-state index in [9.17, 15) is 6.85 Å². The van der Waals surface area contributed by atoms with Crippen LogP contribution in [-0.2, 0) is 6.37 Å². The second kappa shape index (κ2) is 12.0. The van der Waals surface area contributed by atoms with Gasteiger partial charge in [-0.15, -0.1) is 0 Å². The fourth-order valence-corrected chi connectivity index (χ4v) is 14.5. The minimum absolute atomic E-state index is 0.153. The lowest BCUT2D eigenvalue weighted by Gasteiger charge is -2.54. The highest BCUT2D eigenvalue weighted by Gasteiger charge is 2.55. The minimum Gasteiger partial charge on any atom is -0.457 e. The Hall–Kier alpha value is -5.99. The molecule has 0 aliphatic carbocycles. The van der Waals surface area contributed by atoms with Crippen LogP contribution in [0, 0.1) is 0 Å². The number of rotatable bonds is 2. The van der Waals surface area contributed by atoms with Crippen molar-refractivity contribution in [3.05, 3.63) is 181 Å². The highest BCUT2D eigenvalue weighted by Crippen LogP contribution is 2.43. The van der Waals surface area contributed by atoms with Crippen LogP contribution in [0.2, 0.25) is 0 Å². The van der Waals surface area contributed by atoms with Crippen LogP contribution in [0.15, 0.2) is 170 Å². The zero-order valence-corrected chi connectivity index (χ0v) is 30.5. The first-order chi connectivity index (χ1) is 28.6. The van der Waals surface area contributed by atoms with E-state index in [2.05, 4.69) is 67.4 Å². The number of benzene rings is 3. The van der Waals surface area contributed by atoms with Gasteiger partial charge in [-0.05, 0) is 107 Å². The van der Waals surface area contributed by atoms with Crippen molar-refractivity contribution < 1.29 is 16.3 Å². The van der Waals surface area contributed by atoms with Crippen LogP contribution in [0.5, 0.6) is 23.1 Å². The number of hydrogen-bond acceptors (Lipinski definition) is 7. The molecule has 1 saturated heterocycles. The molecule has 7 aliphatic heterocycles. The summed E-state index contributed by atoms with van der Waals surface area (Å²) in [6.07, 6.45) is 21.8. The second-order valence-electron chi connectivity index (χ2n) is 14.1. The first-order valence-electron chi connectivity index (χ1n) is 20.8. The number of aromatic nitrogens is 1. The Bertz CT molecular complexity index is 2620. The monoisotopic (exact) mass is 718 g/mol. The number of aryl methyl sites for hydroxylation is 1. The quantitative estimate of drug-likeness (QED) is 0.231. The van der Waals surface area contributed by atoms with Crippen LogP contribution in [0.25, 0.3) is 5.57 Å². The fraction of sp³-hybridized carbons (Fsp3) is 0.0714. The molecule has 7 nitrogen and oxygen atoms in total. The van der Waals surface area contributed by atoms with Gasteiger partial charge in [0.05, 0.1) is 0 Å². The molecule has 0 radical (unpaired) electrons. The Morgan fingerprint density at radius 2 is 1.28 bits per heavy atom. The zero-order valence-electron chi connectivity index (χ0n) is 34.5. The van der Waals surface area contributed by atoms with Gasteiger partial charge in [-0.1, -0.05) is 103 Å². The van der Waals surface area contributed by atoms with Gasteiger partial charge in [0.2, 0.25) is 5.88 Å². The molecular weight excluding hydrogens is 678 g/mol. The van der Waals surface area contributed by atoms with Gasteiger partial charge < -0.3 is 28.4 Å². The van der Waals surface area contributed by atoms with Crippen LogP contribution in [0.4, 0.5) is 0 Å². The van der Waals surface area contributed by atoms with Gasteiger partial charge in [-0.25, -0.2) is 4.98 Å². The predicted octanol–water partition coefficient (Wildman–Crippen LogP) is 5.12. The van der Waals surface area contributed by atoms with Crippen LogP contribution >= 0.6 is 0 Å². The Morgan fingerprint density at radius 1 is 0.667 bits per heavy atom. The third-order valence-corrected chi connectivity index (χ3v) is 16.4. The molecule has 0 N–H and O–H groups in total. The number of para-hydroxylation sites is 2. The summed E-state index contributed by atoms with van der Waals surface area (Å²) in [5, 5.41) is 3.82. The number of nitrogens with zero attached hydrogens (tertiary/aromatic N) is 5. The molecule has 1 spiro atoms. The first-order valence-corrected chi connectivity index (χ1v) is 20.3. The smallest absolute Gasteiger partial charge is 0.384 e. The lowest BCUT2D eigenvalue weighted by molar-refractivity contribution is 0.466. The normalized spacial score (nSPS) is 22.6. The molecule has 7 aliphatic rings. The molecule has 54 heavy (non-hydrogen) atoms. The highest BCUT2D eigenvalue weighted by molar-refractivity contribution is 7.21. The van der Waals surface area contributed by atoms with E-state index in [1.165, 1.54) is 6.92 Å². The maximum absolute atomic E-state index is 9.45. The number of allylic oxidation sites excluding steroid dienone is 9. The molecular formula is C42H35B4N5O2Si. The molecule has 11 rings (SSSR count). The van der Waals surface area contributed by atoms with Crippen molar-refractivity contribution in [1.29, 1.82) is 0 Å². The van der Waals surface area contributed by atoms with Gasteiger partial charge in [0, 0.05) is 23.8 Å². The van der Waals surface area contributed by atoms with Gasteiger partial charge >= 0.3 is 27.9 Å². The van der Waals surface area contributed by atoms with E-state index in [0.29, 0.717) is 39.8 Å². The molecule has 1 unspecified atom stereocenters. The summed E-state index contributed by atoms with van der Waals surface area (Å²) in [5.74, 6) is 8.63. The molecule has 0 amide bonds. The third kappa shape index (κ3) is 4.25. The van der Waals surface area contributed by atoms with Gasteiger partial charge in [-0.2, -0.15) is 0 Å². The second-order valence-corrected chi connectivity index (χ2v) is 17.8. The van der Waals surface area contributed by atoms with Crippen molar-refractivity contribution in [3.63, 3.8) is 0 Å². The van der Waals surface area contributed by atoms with Gasteiger partial charge in [-0.3, -0.25) is 0 Å². The molecule has 0 saturated carbocycles. The highest BCUT2D eigenvalue weighted by atomic mass is 28.3. The summed E-state index contributed by atoms with van der Waals surface area (Å²) in [5.41, 5.74) is 1.35. The van der Waals surface area contributed by atoms with Gasteiger partial charge in [0.15, 0.2) is 8.07 Å². The molecule has 0 bridgehead atoms. The van der Waals surface area contributed by atoms with Crippen molar-refractivity contribution in [2.45, 2.75) is 20.1 Å². The largest absolute Gasteiger partial charge is 0.457 e. The SMILES string of the molecule is [2H]C([2H])([2H])C1=C(c2c(C([2H])([2H])C)ccc3c2Oc2ccccc2[Si]32c3ccccc3Oc3ncccc32)C=CN2B3C=CC=CN3B3C=CC=CN3B3C=CC=CN3B12. The summed E-state index contributed by atoms with van der Waals surface area (Å²) in [4.78, 5) is 4.76. The number of ether oxygens (including phenoxy) is 2. The van der Waals surface area contributed by atoms with E-state index in [0.717, 1.165) is 20.7 Å². The van der Waals surface area contributed by atoms with E-state index in [4.69, 9.17) is 14.5 Å². The lowest BCUT2D eigenvalue weighted by Crippen LogP contribution is -2.77. The number of pyridine rings is 1. The van der Waals surface area contributed by atoms with Crippen LogP contribution in [0.3, 0.4) is 0 Å². The van der Waals surface area contributed by atoms with Crippen LogP contribution in [-0.4, -0.2) is 59.9 Å². The third-order valence-electron chi connectivity index (χ3n) is 11.6. The molecule has 4 aromatic rings. The summed E-state index contributed by atoms with van der Waals surface area (Å²) >= 11 is 0. The number of hydrogen-bond donors (Lipinski definition) is 0. The van der Waals surface area contributed by atoms with Crippen LogP contribution in [0.1, 0.15) is 31.8 Å². The first kappa shape index (κ1) is 26.7. The average molecular weight is 718 g/mol. The summed E-state index contributed by atoms with van der Waals surface area (Å²) in [7, 11) is -3.32. The minimum atomic E-state index is -3.32. The standard InChI is InChI=1S/C42H35B4N5O2Si/c1-3-32-20-21-38-41(52-34-15-4-6-17-36(34)54(38)37-18-7-5-16-35(37)53-42-39(54)19-14-26-47-42)40(32)33-22-30-51-45-25-9-12-28-49(45)43-23-8-11-27-48(43)44-24-10-13-29-50(44)46(51)31(33)2/h4-30H,3H2,1-2H3/i2D3,3D2. The molecule has 1 aromatic heterocycles. The summed E-state index contributed by atoms with van der Waals surface area (Å²) in [6, 6.07) is 23.9. The summed E-state index contributed by atoms with van der Waals surface area (Å²) < 4.78 is 69.3. The fourth-order valence-electron chi connectivity index (χ4n) is 9.38. The van der Waals surface area contributed by atoms with E-state index < -0.39 is 28.3 Å². The number of fused-ring (bicyclic) bond motifs is 16. The molecule has 12 heteroatoms. The zero-order chi connectivity index (χ0) is 40.3. The van der Waals surface area contributed by atoms with E-state index >= 15 is 0 Å². The van der Waals surface area contributed by atoms with Crippen molar-refractivity contribution >= 4 is 62.3 Å². The Kier molecular flexibility index (Phi) is 5.94. The maximum atomic E-state index is 9.45. The van der Waals surface area contributed by atoms with Crippen molar-refractivity contribution in [1.82, 2.24) is 23.9 Å². The summed E-state index contributed by atoms with van der Waals surface area (Å²) in [6.45, 7) is -2.79. The molecule has 3 aromatic carbocycles. The van der Waals surface area contributed by atoms with Crippen molar-refractivity contribution in [3.8, 4) is 23.1 Å².